The molecule has 0 unspecified atom stereocenters. The van der Waals surface area contributed by atoms with E-state index in [0.29, 0.717) is 23.6 Å². The van der Waals surface area contributed by atoms with Crippen LogP contribution in [-0.2, 0) is 26.0 Å². The highest BCUT2D eigenvalue weighted by molar-refractivity contribution is 7.92. The van der Waals surface area contributed by atoms with Crippen LogP contribution in [0.25, 0.3) is 0 Å². The second kappa shape index (κ2) is 15.6. The van der Waals surface area contributed by atoms with Gasteiger partial charge in [0.15, 0.2) is 11.5 Å². The summed E-state index contributed by atoms with van der Waals surface area (Å²) in [5, 5.41) is 3.39. The maximum absolute atomic E-state index is 14.1. The van der Waals surface area contributed by atoms with Gasteiger partial charge in [-0.25, -0.2) is 8.42 Å². The van der Waals surface area contributed by atoms with Crippen LogP contribution < -0.4 is 19.1 Å². The third kappa shape index (κ3) is 8.64. The lowest BCUT2D eigenvalue weighted by Gasteiger charge is -2.33. The van der Waals surface area contributed by atoms with E-state index in [1.807, 2.05) is 51.1 Å². The Morgan fingerprint density at radius 2 is 1.56 bits per heavy atom. The molecule has 232 valence electrons. The Bertz CT molecular complexity index is 1470. The standard InChI is InChI=1S/C32H40ClN3O6S/c1-6-23(3)34-32(38)28(7-2)35(20-19-24-11-9-8-10-12-24)31(37)22-36(26-15-13-25(33)14-16-26)43(39,40)27-17-18-29(41-4)30(21-27)42-5/h8-18,21,23,28H,6-7,19-20,22H2,1-5H3,(H,34,38)/t23-,28+/m1/s1. The molecule has 3 aromatic rings. The molecule has 2 amide bonds. The van der Waals surface area contributed by atoms with Crippen molar-refractivity contribution in [2.45, 2.75) is 57.0 Å². The number of hydrogen-bond donors (Lipinski definition) is 1. The van der Waals surface area contributed by atoms with Crippen LogP contribution in [0.4, 0.5) is 5.69 Å². The van der Waals surface area contributed by atoms with E-state index in [4.69, 9.17) is 21.1 Å². The van der Waals surface area contributed by atoms with Crippen molar-refractivity contribution in [1.29, 1.82) is 0 Å². The molecule has 0 radical (unpaired) electrons. The third-order valence-electron chi connectivity index (χ3n) is 7.21. The second-order valence-electron chi connectivity index (χ2n) is 10.1. The fourth-order valence-corrected chi connectivity index (χ4v) is 6.13. The van der Waals surface area contributed by atoms with Gasteiger partial charge >= 0.3 is 0 Å². The van der Waals surface area contributed by atoms with E-state index < -0.39 is 28.5 Å². The van der Waals surface area contributed by atoms with Crippen molar-refractivity contribution in [1.82, 2.24) is 10.2 Å². The van der Waals surface area contributed by atoms with Gasteiger partial charge in [0.05, 0.1) is 24.8 Å². The molecule has 2 atom stereocenters. The Hall–Kier alpha value is -3.76. The molecule has 0 aliphatic heterocycles. The molecule has 0 saturated carbocycles. The van der Waals surface area contributed by atoms with E-state index in [1.54, 1.807) is 12.1 Å². The lowest BCUT2D eigenvalue weighted by atomic mass is 10.1. The predicted molar refractivity (Wildman–Crippen MR) is 169 cm³/mol. The summed E-state index contributed by atoms with van der Waals surface area (Å²) in [6.07, 6.45) is 1.57. The van der Waals surface area contributed by atoms with Crippen molar-refractivity contribution in [2.75, 3.05) is 31.6 Å². The van der Waals surface area contributed by atoms with Gasteiger partial charge in [0.25, 0.3) is 10.0 Å². The monoisotopic (exact) mass is 629 g/mol. The highest BCUT2D eigenvalue weighted by atomic mass is 35.5. The number of halogens is 1. The lowest BCUT2D eigenvalue weighted by molar-refractivity contribution is -0.139. The highest BCUT2D eigenvalue weighted by Gasteiger charge is 2.34. The van der Waals surface area contributed by atoms with Gasteiger partial charge in [0.2, 0.25) is 11.8 Å². The summed E-state index contributed by atoms with van der Waals surface area (Å²) >= 11 is 6.11. The Morgan fingerprint density at radius 3 is 2.14 bits per heavy atom. The molecule has 0 bridgehead atoms. The van der Waals surface area contributed by atoms with Crippen molar-refractivity contribution in [3.8, 4) is 11.5 Å². The number of rotatable bonds is 15. The first kappa shape index (κ1) is 33.7. The van der Waals surface area contributed by atoms with Crippen LogP contribution in [-0.4, -0.2) is 64.5 Å². The van der Waals surface area contributed by atoms with E-state index in [0.717, 1.165) is 16.3 Å². The van der Waals surface area contributed by atoms with Gasteiger partial charge in [-0.1, -0.05) is 55.8 Å². The number of carbonyl (C=O) groups excluding carboxylic acids is 2. The van der Waals surface area contributed by atoms with Crippen LogP contribution in [0.1, 0.15) is 39.2 Å². The minimum absolute atomic E-state index is 0.0800. The van der Waals surface area contributed by atoms with Gasteiger partial charge in [0.1, 0.15) is 12.6 Å². The van der Waals surface area contributed by atoms with Gasteiger partial charge in [-0.3, -0.25) is 13.9 Å². The number of nitrogens with zero attached hydrogens (tertiary/aromatic N) is 2. The summed E-state index contributed by atoms with van der Waals surface area (Å²) in [4.78, 5) is 28.9. The van der Waals surface area contributed by atoms with Crippen LogP contribution >= 0.6 is 11.6 Å². The number of sulfonamides is 1. The average molecular weight is 630 g/mol. The summed E-state index contributed by atoms with van der Waals surface area (Å²) in [7, 11) is -1.42. The van der Waals surface area contributed by atoms with Crippen LogP contribution in [0.5, 0.6) is 11.5 Å². The molecule has 0 saturated heterocycles. The number of ether oxygens (including phenoxy) is 2. The third-order valence-corrected chi connectivity index (χ3v) is 9.23. The molecule has 1 N–H and O–H groups in total. The van der Waals surface area contributed by atoms with Crippen molar-refractivity contribution in [3.05, 3.63) is 83.4 Å². The smallest absolute Gasteiger partial charge is 0.264 e. The van der Waals surface area contributed by atoms with Crippen LogP contribution in [0.15, 0.2) is 77.7 Å². The fraction of sp³-hybridized carbons (Fsp3) is 0.375. The first-order valence-corrected chi connectivity index (χ1v) is 16.0. The van der Waals surface area contributed by atoms with E-state index >= 15 is 0 Å². The van der Waals surface area contributed by atoms with Crippen molar-refractivity contribution in [2.24, 2.45) is 0 Å². The topological polar surface area (TPSA) is 105 Å². The maximum Gasteiger partial charge on any atom is 0.264 e. The summed E-state index contributed by atoms with van der Waals surface area (Å²) in [6.45, 7) is 5.38. The molecule has 0 aliphatic carbocycles. The SMILES string of the molecule is CC[C@@H](C)NC(=O)[C@H](CC)N(CCc1ccccc1)C(=O)CN(c1ccc(Cl)cc1)S(=O)(=O)c1ccc(OC)c(OC)c1. The molecule has 9 nitrogen and oxygen atoms in total. The summed E-state index contributed by atoms with van der Waals surface area (Å²) in [5.41, 5.74) is 1.23. The molecule has 3 aromatic carbocycles. The zero-order valence-corrected chi connectivity index (χ0v) is 26.8. The first-order chi connectivity index (χ1) is 20.5. The molecule has 0 aliphatic rings. The fourth-order valence-electron chi connectivity index (χ4n) is 4.58. The van der Waals surface area contributed by atoms with Crippen molar-refractivity contribution < 1.29 is 27.5 Å². The van der Waals surface area contributed by atoms with Gasteiger partial charge in [-0.05, 0) is 68.1 Å². The van der Waals surface area contributed by atoms with Crippen LogP contribution in [0.3, 0.4) is 0 Å². The molecular formula is C32H40ClN3O6S. The summed E-state index contributed by atoms with van der Waals surface area (Å²) in [5.74, 6) is -0.205. The van der Waals surface area contributed by atoms with E-state index in [1.165, 1.54) is 49.5 Å². The zero-order chi connectivity index (χ0) is 31.6. The Labute approximate surface area is 259 Å². The molecule has 43 heavy (non-hydrogen) atoms. The molecule has 0 spiro atoms. The highest BCUT2D eigenvalue weighted by Crippen LogP contribution is 2.32. The maximum atomic E-state index is 14.1. The molecular weight excluding hydrogens is 590 g/mol. The number of hydrogen-bond acceptors (Lipinski definition) is 6. The van der Waals surface area contributed by atoms with Gasteiger partial charge in [0, 0.05) is 23.7 Å². The number of methoxy groups -OCH3 is 2. The largest absolute Gasteiger partial charge is 0.493 e. The molecule has 3 rings (SSSR count). The first-order valence-electron chi connectivity index (χ1n) is 14.2. The minimum atomic E-state index is -4.29. The average Bonchev–Trinajstić information content (AvgIpc) is 3.02. The number of benzene rings is 3. The van der Waals surface area contributed by atoms with Gasteiger partial charge in [-0.2, -0.15) is 0 Å². The van der Waals surface area contributed by atoms with E-state index in [2.05, 4.69) is 5.32 Å². The molecule has 0 heterocycles. The van der Waals surface area contributed by atoms with E-state index in [9.17, 15) is 18.0 Å². The Kier molecular flexibility index (Phi) is 12.3. The Morgan fingerprint density at radius 1 is 0.907 bits per heavy atom. The van der Waals surface area contributed by atoms with Gasteiger partial charge in [-0.15, -0.1) is 0 Å². The molecule has 0 aromatic heterocycles. The van der Waals surface area contributed by atoms with Crippen LogP contribution in [0.2, 0.25) is 5.02 Å². The van der Waals surface area contributed by atoms with E-state index in [-0.39, 0.29) is 34.8 Å². The van der Waals surface area contributed by atoms with Crippen molar-refractivity contribution in [3.63, 3.8) is 0 Å². The quantitative estimate of drug-likeness (QED) is 0.244. The number of amides is 2. The second-order valence-corrected chi connectivity index (χ2v) is 12.4. The normalized spacial score (nSPS) is 12.6. The molecule has 11 heteroatoms. The summed E-state index contributed by atoms with van der Waals surface area (Å²) < 4.78 is 39.9. The van der Waals surface area contributed by atoms with Crippen molar-refractivity contribution >= 4 is 39.1 Å². The van der Waals surface area contributed by atoms with Crippen LogP contribution in [0, 0.1) is 0 Å². The Balaban J connectivity index is 2.05. The minimum Gasteiger partial charge on any atom is -0.493 e. The zero-order valence-electron chi connectivity index (χ0n) is 25.2. The van der Waals surface area contributed by atoms with Gasteiger partial charge < -0.3 is 19.7 Å². The lowest BCUT2D eigenvalue weighted by Crippen LogP contribution is -2.54. The number of carbonyl (C=O) groups is 2. The number of nitrogens with one attached hydrogen (secondary N) is 1. The number of anilines is 1. The molecule has 0 fully saturated rings. The summed E-state index contributed by atoms with van der Waals surface area (Å²) in [6, 6.07) is 19.2. The predicted octanol–water partition coefficient (Wildman–Crippen LogP) is 5.32.